The highest BCUT2D eigenvalue weighted by Crippen LogP contribution is 2.48. The number of methoxy groups -OCH3 is 1. The van der Waals surface area contributed by atoms with Crippen molar-refractivity contribution in [3.05, 3.63) is 51.0 Å². The predicted octanol–water partition coefficient (Wildman–Crippen LogP) is 4.54. The molecule has 152 valence electrons. The highest BCUT2D eigenvalue weighted by Gasteiger charge is 2.47. The van der Waals surface area contributed by atoms with Crippen LogP contribution in [0.2, 0.25) is 0 Å². The number of hydrogen-bond acceptors (Lipinski definition) is 6. The summed E-state index contributed by atoms with van der Waals surface area (Å²) in [6.07, 6.45) is -4.21. The number of rotatable bonds is 5. The molecule has 1 aromatic carbocycles. The second-order valence-electron chi connectivity index (χ2n) is 5.76. The molecule has 0 atom stereocenters. The zero-order valence-electron chi connectivity index (χ0n) is 15.8. The lowest BCUT2D eigenvalue weighted by atomic mass is 10.1. The number of benzene rings is 1. The number of carbonyl (C=O) groups is 2. The number of nitrogens with zero attached hydrogens (tertiary/aromatic N) is 1. The molecule has 1 aromatic rings. The summed E-state index contributed by atoms with van der Waals surface area (Å²) in [5, 5.41) is -0.441. The van der Waals surface area contributed by atoms with E-state index < -0.39 is 28.7 Å². The first kappa shape index (κ1) is 21.9. The molecule has 0 saturated heterocycles. The van der Waals surface area contributed by atoms with E-state index in [2.05, 4.69) is 4.74 Å². The van der Waals surface area contributed by atoms with E-state index in [1.807, 2.05) is 6.92 Å². The quantitative estimate of drug-likeness (QED) is 0.520. The van der Waals surface area contributed by atoms with Crippen LogP contribution in [0.5, 0.6) is 0 Å². The van der Waals surface area contributed by atoms with E-state index in [9.17, 15) is 22.8 Å². The van der Waals surface area contributed by atoms with Crippen molar-refractivity contribution < 1.29 is 32.2 Å². The number of carbonyl (C=O) groups excluding carboxylic acids is 2. The summed E-state index contributed by atoms with van der Waals surface area (Å²) in [7, 11) is 0.876. The minimum atomic E-state index is -4.97. The van der Waals surface area contributed by atoms with Gasteiger partial charge in [-0.05, 0) is 38.0 Å². The van der Waals surface area contributed by atoms with Gasteiger partial charge < -0.3 is 14.4 Å². The van der Waals surface area contributed by atoms with Gasteiger partial charge in [0, 0.05) is 11.4 Å². The molecule has 0 aromatic heterocycles. The summed E-state index contributed by atoms with van der Waals surface area (Å²) < 4.78 is 50.4. The van der Waals surface area contributed by atoms with Gasteiger partial charge in [0.2, 0.25) is 0 Å². The highest BCUT2D eigenvalue weighted by atomic mass is 32.2. The van der Waals surface area contributed by atoms with Gasteiger partial charge in [-0.1, -0.05) is 30.8 Å². The summed E-state index contributed by atoms with van der Waals surface area (Å²) in [6.45, 7) is 5.13. The van der Waals surface area contributed by atoms with Gasteiger partial charge in [-0.3, -0.25) is 0 Å². The Morgan fingerprint density at radius 3 is 2.21 bits per heavy atom. The topological polar surface area (TPSA) is 55.8 Å². The van der Waals surface area contributed by atoms with E-state index in [1.165, 1.54) is 11.8 Å². The first-order valence-corrected chi connectivity index (χ1v) is 9.32. The first-order chi connectivity index (χ1) is 13.1. The Labute approximate surface area is 165 Å². The molecule has 5 nitrogen and oxygen atoms in total. The minimum absolute atomic E-state index is 0.0120. The molecule has 0 amide bonds. The molecule has 0 unspecified atom stereocenters. The Hall–Kier alpha value is -2.42. The molecule has 0 aliphatic carbocycles. The van der Waals surface area contributed by atoms with Crippen LogP contribution in [0.15, 0.2) is 45.5 Å². The molecule has 28 heavy (non-hydrogen) atoms. The van der Waals surface area contributed by atoms with E-state index >= 15 is 0 Å². The predicted molar refractivity (Wildman–Crippen MR) is 100 cm³/mol. The summed E-state index contributed by atoms with van der Waals surface area (Å²) in [5.41, 5.74) is 0.158. The van der Waals surface area contributed by atoms with Crippen molar-refractivity contribution in [2.75, 3.05) is 18.6 Å². The zero-order chi connectivity index (χ0) is 21.1. The van der Waals surface area contributed by atoms with E-state index in [0.29, 0.717) is 17.4 Å². The third-order valence-electron chi connectivity index (χ3n) is 4.02. The summed E-state index contributed by atoms with van der Waals surface area (Å²) in [5.74, 6) is -2.27. The van der Waals surface area contributed by atoms with Gasteiger partial charge in [0.1, 0.15) is 9.93 Å². The number of esters is 2. The standard InChI is InChI=1S/C19H20F3NO4S/c1-5-12-7-9-13(10-8-12)23-11(3)15(18(25)27-6-2)28-16(23)14(17(24)26-4)19(20,21)22/h7-10H,5-6H2,1-4H3. The van der Waals surface area contributed by atoms with Crippen molar-refractivity contribution in [1.29, 1.82) is 0 Å². The highest BCUT2D eigenvalue weighted by molar-refractivity contribution is 8.08. The lowest BCUT2D eigenvalue weighted by Gasteiger charge is -2.24. The SMILES string of the molecule is CCOC(=O)C1=C(C)N(c2ccc(CC)cc2)C(=C(C(=O)OC)C(F)(F)F)S1. The summed E-state index contributed by atoms with van der Waals surface area (Å²) in [4.78, 5) is 25.4. The van der Waals surface area contributed by atoms with Crippen molar-refractivity contribution in [3.8, 4) is 0 Å². The maximum absolute atomic E-state index is 13.7. The Bertz CT molecular complexity index is 829. The number of anilines is 1. The maximum Gasteiger partial charge on any atom is 0.425 e. The average molecular weight is 415 g/mol. The molecule has 0 fully saturated rings. The molecular formula is C19H20F3NO4S. The number of aryl methyl sites for hydroxylation is 1. The monoisotopic (exact) mass is 415 g/mol. The van der Waals surface area contributed by atoms with E-state index in [-0.39, 0.29) is 17.2 Å². The van der Waals surface area contributed by atoms with E-state index in [0.717, 1.165) is 19.1 Å². The fourth-order valence-corrected chi connectivity index (χ4v) is 3.85. The van der Waals surface area contributed by atoms with Crippen LogP contribution in [0, 0.1) is 0 Å². The summed E-state index contributed by atoms with van der Waals surface area (Å²) in [6, 6.07) is 6.84. The van der Waals surface area contributed by atoms with Gasteiger partial charge >= 0.3 is 18.1 Å². The first-order valence-electron chi connectivity index (χ1n) is 8.50. The normalized spacial score (nSPS) is 16.3. The fourth-order valence-electron chi connectivity index (χ4n) is 2.64. The van der Waals surface area contributed by atoms with Gasteiger partial charge in [-0.25, -0.2) is 9.59 Å². The van der Waals surface area contributed by atoms with Crippen molar-refractivity contribution in [2.45, 2.75) is 33.4 Å². The largest absolute Gasteiger partial charge is 0.465 e. The Kier molecular flexibility index (Phi) is 6.82. The van der Waals surface area contributed by atoms with Crippen molar-refractivity contribution >= 4 is 29.4 Å². The van der Waals surface area contributed by atoms with Crippen LogP contribution >= 0.6 is 11.8 Å². The molecule has 0 radical (unpaired) electrons. The molecule has 1 aliphatic rings. The number of thioether (sulfide) groups is 1. The van der Waals surface area contributed by atoms with Gasteiger partial charge in [-0.2, -0.15) is 13.2 Å². The van der Waals surface area contributed by atoms with Gasteiger partial charge in [0.05, 0.1) is 13.7 Å². The molecule has 0 spiro atoms. The fraction of sp³-hybridized carbons (Fsp3) is 0.368. The number of ether oxygens (including phenoxy) is 2. The van der Waals surface area contributed by atoms with Gasteiger partial charge in [-0.15, -0.1) is 0 Å². The molecule has 2 rings (SSSR count). The Morgan fingerprint density at radius 2 is 1.75 bits per heavy atom. The van der Waals surface area contributed by atoms with Crippen LogP contribution in [0.1, 0.15) is 26.3 Å². The van der Waals surface area contributed by atoms with Crippen LogP contribution in [0.25, 0.3) is 0 Å². The molecule has 1 heterocycles. The zero-order valence-corrected chi connectivity index (χ0v) is 16.7. The smallest absolute Gasteiger partial charge is 0.425 e. The molecule has 0 N–H and O–H groups in total. The van der Waals surface area contributed by atoms with E-state index in [1.54, 1.807) is 31.2 Å². The molecular weight excluding hydrogens is 395 g/mol. The number of allylic oxidation sites excluding steroid dienone is 1. The molecule has 0 saturated carbocycles. The van der Waals surface area contributed by atoms with Crippen LogP contribution in [0.4, 0.5) is 18.9 Å². The number of halogens is 3. The number of alkyl halides is 3. The Morgan fingerprint density at radius 1 is 1.14 bits per heavy atom. The second kappa shape index (κ2) is 8.72. The number of hydrogen-bond donors (Lipinski definition) is 0. The van der Waals surface area contributed by atoms with Crippen molar-refractivity contribution in [2.24, 2.45) is 0 Å². The van der Waals surface area contributed by atoms with Gasteiger partial charge in [0.15, 0.2) is 5.57 Å². The van der Waals surface area contributed by atoms with Crippen LogP contribution < -0.4 is 4.90 Å². The Balaban J connectivity index is 2.70. The maximum atomic E-state index is 13.7. The van der Waals surface area contributed by atoms with E-state index in [4.69, 9.17) is 4.74 Å². The average Bonchev–Trinajstić information content (AvgIpc) is 2.97. The lowest BCUT2D eigenvalue weighted by Crippen LogP contribution is -2.28. The van der Waals surface area contributed by atoms with Gasteiger partial charge in [0.25, 0.3) is 0 Å². The molecule has 9 heteroatoms. The van der Waals surface area contributed by atoms with Crippen LogP contribution in [-0.2, 0) is 25.5 Å². The lowest BCUT2D eigenvalue weighted by molar-refractivity contribution is -0.148. The minimum Gasteiger partial charge on any atom is -0.465 e. The molecule has 0 bridgehead atoms. The van der Waals surface area contributed by atoms with Crippen LogP contribution in [-0.4, -0.2) is 31.8 Å². The van der Waals surface area contributed by atoms with Crippen LogP contribution in [0.3, 0.4) is 0 Å². The molecule has 1 aliphatic heterocycles. The summed E-state index contributed by atoms with van der Waals surface area (Å²) >= 11 is 0.548. The van der Waals surface area contributed by atoms with Crippen molar-refractivity contribution in [1.82, 2.24) is 0 Å². The third kappa shape index (κ3) is 4.35. The second-order valence-corrected chi connectivity index (χ2v) is 6.76. The third-order valence-corrected chi connectivity index (χ3v) is 5.26. The van der Waals surface area contributed by atoms with Crippen molar-refractivity contribution in [3.63, 3.8) is 0 Å².